The molecule has 0 aromatic rings. The van der Waals surface area contributed by atoms with E-state index in [1.165, 1.54) is 0 Å². The average molecular weight is 171 g/mol. The molecule has 1 N–H and O–H groups in total. The first-order chi connectivity index (χ1) is 5.79. The van der Waals surface area contributed by atoms with E-state index in [0.29, 0.717) is 6.10 Å². The predicted octanol–water partition coefficient (Wildman–Crippen LogP) is 0.544. The van der Waals surface area contributed by atoms with Crippen LogP contribution in [0.1, 0.15) is 19.8 Å². The van der Waals surface area contributed by atoms with Crippen LogP contribution in [0.5, 0.6) is 0 Å². The van der Waals surface area contributed by atoms with Gasteiger partial charge in [-0.1, -0.05) is 0 Å². The predicted molar refractivity (Wildman–Crippen MR) is 46.2 cm³/mol. The van der Waals surface area contributed by atoms with Gasteiger partial charge >= 0.3 is 0 Å². The molecular weight excluding hydrogens is 154 g/mol. The fourth-order valence-electron chi connectivity index (χ4n) is 1.67. The SMILES string of the molecule is CC1(OC2CNC2)CCOCC1. The highest BCUT2D eigenvalue weighted by Gasteiger charge is 2.32. The molecule has 3 heteroatoms. The molecule has 2 aliphatic rings. The molecule has 0 aromatic carbocycles. The molecule has 0 atom stereocenters. The van der Waals surface area contributed by atoms with Crippen molar-refractivity contribution in [2.45, 2.75) is 31.5 Å². The van der Waals surface area contributed by atoms with Crippen molar-refractivity contribution < 1.29 is 9.47 Å². The number of nitrogens with one attached hydrogen (secondary N) is 1. The van der Waals surface area contributed by atoms with Crippen molar-refractivity contribution in [1.29, 1.82) is 0 Å². The molecule has 2 fully saturated rings. The minimum atomic E-state index is 0.0883. The molecule has 2 heterocycles. The van der Waals surface area contributed by atoms with E-state index in [9.17, 15) is 0 Å². The summed E-state index contributed by atoms with van der Waals surface area (Å²) in [7, 11) is 0. The Kier molecular flexibility index (Phi) is 2.35. The normalized spacial score (nSPS) is 29.8. The van der Waals surface area contributed by atoms with Crippen LogP contribution in [0.2, 0.25) is 0 Å². The summed E-state index contributed by atoms with van der Waals surface area (Å²) >= 11 is 0. The average Bonchev–Trinajstić information content (AvgIpc) is 1.99. The Bertz CT molecular complexity index is 151. The van der Waals surface area contributed by atoms with E-state index in [0.717, 1.165) is 39.1 Å². The van der Waals surface area contributed by atoms with Gasteiger partial charge in [0.2, 0.25) is 0 Å². The summed E-state index contributed by atoms with van der Waals surface area (Å²) in [6.45, 7) is 5.97. The van der Waals surface area contributed by atoms with E-state index in [1.807, 2.05) is 0 Å². The van der Waals surface area contributed by atoms with E-state index >= 15 is 0 Å². The Morgan fingerprint density at radius 3 is 2.50 bits per heavy atom. The zero-order chi connectivity index (χ0) is 8.44. The maximum atomic E-state index is 5.97. The molecule has 2 aliphatic heterocycles. The molecule has 12 heavy (non-hydrogen) atoms. The molecule has 2 rings (SSSR count). The fourth-order valence-corrected chi connectivity index (χ4v) is 1.67. The zero-order valence-corrected chi connectivity index (χ0v) is 7.64. The first kappa shape index (κ1) is 8.48. The monoisotopic (exact) mass is 171 g/mol. The van der Waals surface area contributed by atoms with Crippen LogP contribution >= 0.6 is 0 Å². The summed E-state index contributed by atoms with van der Waals surface area (Å²) in [5.74, 6) is 0. The van der Waals surface area contributed by atoms with Gasteiger partial charge in [-0.2, -0.15) is 0 Å². The highest BCUT2D eigenvalue weighted by Crippen LogP contribution is 2.26. The lowest BCUT2D eigenvalue weighted by Crippen LogP contribution is -2.53. The van der Waals surface area contributed by atoms with Gasteiger partial charge in [-0.05, 0) is 19.8 Å². The molecule has 0 amide bonds. The lowest BCUT2D eigenvalue weighted by atomic mass is 9.96. The topological polar surface area (TPSA) is 30.5 Å². The second-order valence-corrected chi connectivity index (χ2v) is 3.96. The first-order valence-corrected chi connectivity index (χ1v) is 4.75. The van der Waals surface area contributed by atoms with E-state index in [-0.39, 0.29) is 5.60 Å². The van der Waals surface area contributed by atoms with Crippen molar-refractivity contribution in [3.8, 4) is 0 Å². The van der Waals surface area contributed by atoms with Crippen molar-refractivity contribution in [2.75, 3.05) is 26.3 Å². The summed E-state index contributed by atoms with van der Waals surface area (Å²) in [4.78, 5) is 0. The van der Waals surface area contributed by atoms with Gasteiger partial charge in [0.25, 0.3) is 0 Å². The van der Waals surface area contributed by atoms with Crippen molar-refractivity contribution in [1.82, 2.24) is 5.32 Å². The van der Waals surface area contributed by atoms with Gasteiger partial charge in [-0.25, -0.2) is 0 Å². The molecular formula is C9H17NO2. The highest BCUT2D eigenvalue weighted by molar-refractivity contribution is 4.84. The zero-order valence-electron chi connectivity index (χ0n) is 7.64. The van der Waals surface area contributed by atoms with E-state index < -0.39 is 0 Å². The molecule has 0 saturated carbocycles. The Labute approximate surface area is 73.4 Å². The third kappa shape index (κ3) is 1.79. The number of hydrogen-bond donors (Lipinski definition) is 1. The summed E-state index contributed by atoms with van der Waals surface area (Å²) in [5, 5.41) is 3.21. The summed E-state index contributed by atoms with van der Waals surface area (Å²) in [6, 6.07) is 0. The molecule has 3 nitrogen and oxygen atoms in total. The van der Waals surface area contributed by atoms with Gasteiger partial charge < -0.3 is 14.8 Å². The van der Waals surface area contributed by atoms with Gasteiger partial charge in [-0.15, -0.1) is 0 Å². The Hall–Kier alpha value is -0.120. The highest BCUT2D eigenvalue weighted by atomic mass is 16.5. The van der Waals surface area contributed by atoms with Crippen LogP contribution in [-0.4, -0.2) is 38.0 Å². The standard InChI is InChI=1S/C9H17NO2/c1-9(2-4-11-5-3-9)12-8-6-10-7-8/h8,10H,2-7H2,1H3. The molecule has 0 radical (unpaired) electrons. The van der Waals surface area contributed by atoms with Crippen LogP contribution in [0.3, 0.4) is 0 Å². The third-order valence-electron chi connectivity index (χ3n) is 2.75. The molecule has 0 bridgehead atoms. The van der Waals surface area contributed by atoms with Gasteiger partial charge in [-0.3, -0.25) is 0 Å². The van der Waals surface area contributed by atoms with Crippen molar-refractivity contribution in [3.63, 3.8) is 0 Å². The van der Waals surface area contributed by atoms with Gasteiger partial charge in [0.05, 0.1) is 11.7 Å². The molecule has 0 aromatic heterocycles. The molecule has 0 unspecified atom stereocenters. The van der Waals surface area contributed by atoms with Gasteiger partial charge in [0.15, 0.2) is 0 Å². The van der Waals surface area contributed by atoms with Crippen molar-refractivity contribution in [2.24, 2.45) is 0 Å². The lowest BCUT2D eigenvalue weighted by molar-refractivity contribution is -0.144. The van der Waals surface area contributed by atoms with Gasteiger partial charge in [0, 0.05) is 26.3 Å². The molecule has 0 spiro atoms. The number of ether oxygens (including phenoxy) is 2. The van der Waals surface area contributed by atoms with E-state index in [2.05, 4.69) is 12.2 Å². The minimum absolute atomic E-state index is 0.0883. The van der Waals surface area contributed by atoms with E-state index in [4.69, 9.17) is 9.47 Å². The lowest BCUT2D eigenvalue weighted by Gasteiger charge is -2.40. The quantitative estimate of drug-likeness (QED) is 0.658. The van der Waals surface area contributed by atoms with Crippen LogP contribution < -0.4 is 5.32 Å². The van der Waals surface area contributed by atoms with Gasteiger partial charge in [0.1, 0.15) is 0 Å². The van der Waals surface area contributed by atoms with Crippen LogP contribution in [0, 0.1) is 0 Å². The van der Waals surface area contributed by atoms with Crippen molar-refractivity contribution in [3.05, 3.63) is 0 Å². The Morgan fingerprint density at radius 2 is 2.00 bits per heavy atom. The van der Waals surface area contributed by atoms with Crippen LogP contribution in [0.25, 0.3) is 0 Å². The maximum Gasteiger partial charge on any atom is 0.0831 e. The second-order valence-electron chi connectivity index (χ2n) is 3.96. The summed E-state index contributed by atoms with van der Waals surface area (Å²) in [5.41, 5.74) is 0.0883. The number of rotatable bonds is 2. The van der Waals surface area contributed by atoms with Crippen LogP contribution in [0.4, 0.5) is 0 Å². The third-order valence-corrected chi connectivity index (χ3v) is 2.75. The Morgan fingerprint density at radius 1 is 1.33 bits per heavy atom. The maximum absolute atomic E-state index is 5.97. The molecule has 0 aliphatic carbocycles. The van der Waals surface area contributed by atoms with Crippen LogP contribution in [-0.2, 0) is 9.47 Å². The van der Waals surface area contributed by atoms with E-state index in [1.54, 1.807) is 0 Å². The summed E-state index contributed by atoms with van der Waals surface area (Å²) < 4.78 is 11.3. The second kappa shape index (κ2) is 3.32. The summed E-state index contributed by atoms with van der Waals surface area (Å²) in [6.07, 6.45) is 2.54. The first-order valence-electron chi connectivity index (χ1n) is 4.75. The van der Waals surface area contributed by atoms with Crippen molar-refractivity contribution >= 4 is 0 Å². The minimum Gasteiger partial charge on any atom is -0.381 e. The molecule has 2 saturated heterocycles. The number of hydrogen-bond acceptors (Lipinski definition) is 3. The smallest absolute Gasteiger partial charge is 0.0831 e. The van der Waals surface area contributed by atoms with Crippen LogP contribution in [0.15, 0.2) is 0 Å². The Balaban J connectivity index is 1.81. The fraction of sp³-hybridized carbons (Fsp3) is 1.00. The molecule has 70 valence electrons. The largest absolute Gasteiger partial charge is 0.381 e.